The van der Waals surface area contributed by atoms with Gasteiger partial charge in [-0.05, 0) is 24.6 Å². The quantitative estimate of drug-likeness (QED) is 0.464. The molecule has 2 nitrogen and oxygen atoms in total. The first-order valence-electron chi connectivity index (χ1n) is 8.28. The number of carbonyl (C=O) groups excluding carboxylic acids is 1. The zero-order chi connectivity index (χ0) is 15.3. The monoisotopic (exact) mass is 353 g/mol. The number of benzene rings is 1. The standard InChI is InChI=1S/C18H28BrNO/c1-2-3-4-5-6-7-8-9-10-14-18(21)20-17-13-11-12-16(19)15-17/h11-13,15H,2-10,14H2,1H3,(H,20,21). The first kappa shape index (κ1) is 18.2. The van der Waals surface area contributed by atoms with Crippen LogP contribution in [0.5, 0.6) is 0 Å². The third-order valence-electron chi connectivity index (χ3n) is 3.62. The second-order valence-corrected chi connectivity index (χ2v) is 6.55. The molecule has 0 fully saturated rings. The number of hydrogen-bond donors (Lipinski definition) is 1. The number of hydrogen-bond acceptors (Lipinski definition) is 1. The van der Waals surface area contributed by atoms with E-state index in [1.165, 1.54) is 51.4 Å². The van der Waals surface area contributed by atoms with Crippen LogP contribution in [0.1, 0.15) is 71.1 Å². The predicted molar refractivity (Wildman–Crippen MR) is 94.6 cm³/mol. The fraction of sp³-hybridized carbons (Fsp3) is 0.611. The van der Waals surface area contributed by atoms with E-state index in [4.69, 9.17) is 0 Å². The molecule has 0 saturated carbocycles. The van der Waals surface area contributed by atoms with E-state index < -0.39 is 0 Å². The van der Waals surface area contributed by atoms with E-state index in [0.717, 1.165) is 16.6 Å². The van der Waals surface area contributed by atoms with Crippen LogP contribution in [-0.4, -0.2) is 5.91 Å². The highest BCUT2D eigenvalue weighted by molar-refractivity contribution is 9.10. The van der Waals surface area contributed by atoms with Crippen molar-refractivity contribution in [3.05, 3.63) is 28.7 Å². The molecule has 3 heteroatoms. The molecule has 1 aromatic carbocycles. The van der Waals surface area contributed by atoms with Crippen molar-refractivity contribution >= 4 is 27.5 Å². The van der Waals surface area contributed by atoms with E-state index >= 15 is 0 Å². The van der Waals surface area contributed by atoms with Crippen molar-refractivity contribution in [2.45, 2.75) is 71.1 Å². The Morgan fingerprint density at radius 2 is 1.62 bits per heavy atom. The molecule has 0 aliphatic rings. The van der Waals surface area contributed by atoms with Crippen molar-refractivity contribution < 1.29 is 4.79 Å². The topological polar surface area (TPSA) is 29.1 Å². The number of carbonyl (C=O) groups is 1. The van der Waals surface area contributed by atoms with E-state index in [2.05, 4.69) is 28.2 Å². The molecule has 118 valence electrons. The Morgan fingerprint density at radius 3 is 2.24 bits per heavy atom. The highest BCUT2D eigenvalue weighted by Gasteiger charge is 2.02. The lowest BCUT2D eigenvalue weighted by Crippen LogP contribution is -2.10. The van der Waals surface area contributed by atoms with Crippen LogP contribution in [0.4, 0.5) is 5.69 Å². The molecule has 1 amide bonds. The molecule has 0 unspecified atom stereocenters. The van der Waals surface area contributed by atoms with Gasteiger partial charge in [0.1, 0.15) is 0 Å². The molecule has 0 aliphatic carbocycles. The van der Waals surface area contributed by atoms with Crippen molar-refractivity contribution in [1.29, 1.82) is 0 Å². The Labute approximate surface area is 137 Å². The highest BCUT2D eigenvalue weighted by atomic mass is 79.9. The summed E-state index contributed by atoms with van der Waals surface area (Å²) in [6.07, 6.45) is 12.2. The van der Waals surface area contributed by atoms with Crippen LogP contribution >= 0.6 is 15.9 Å². The Kier molecular flexibility index (Phi) is 10.2. The Balaban J connectivity index is 1.99. The molecule has 0 bridgehead atoms. The fourth-order valence-electron chi connectivity index (χ4n) is 2.39. The lowest BCUT2D eigenvalue weighted by Gasteiger charge is -2.05. The third-order valence-corrected chi connectivity index (χ3v) is 4.11. The van der Waals surface area contributed by atoms with Gasteiger partial charge in [-0.25, -0.2) is 0 Å². The molecule has 1 N–H and O–H groups in total. The number of halogens is 1. The van der Waals surface area contributed by atoms with Crippen LogP contribution in [0.2, 0.25) is 0 Å². The molecular formula is C18H28BrNO. The van der Waals surface area contributed by atoms with Gasteiger partial charge >= 0.3 is 0 Å². The summed E-state index contributed by atoms with van der Waals surface area (Å²) in [5.74, 6) is 0.121. The Hall–Kier alpha value is -0.830. The summed E-state index contributed by atoms with van der Waals surface area (Å²) in [6, 6.07) is 7.72. The summed E-state index contributed by atoms with van der Waals surface area (Å²) < 4.78 is 0.989. The molecular weight excluding hydrogens is 326 g/mol. The van der Waals surface area contributed by atoms with Crippen LogP contribution in [0.15, 0.2) is 28.7 Å². The average Bonchev–Trinajstić information content (AvgIpc) is 2.45. The van der Waals surface area contributed by atoms with Gasteiger partial charge in [-0.2, -0.15) is 0 Å². The van der Waals surface area contributed by atoms with Crippen LogP contribution < -0.4 is 5.32 Å². The van der Waals surface area contributed by atoms with Crippen LogP contribution in [0, 0.1) is 0 Å². The summed E-state index contributed by atoms with van der Waals surface area (Å²) in [5, 5.41) is 2.94. The van der Waals surface area contributed by atoms with E-state index in [-0.39, 0.29) is 5.91 Å². The summed E-state index contributed by atoms with van der Waals surface area (Å²) in [6.45, 7) is 2.25. The summed E-state index contributed by atoms with van der Waals surface area (Å²) in [4.78, 5) is 11.8. The smallest absolute Gasteiger partial charge is 0.224 e. The molecule has 1 rings (SSSR count). The van der Waals surface area contributed by atoms with Crippen molar-refractivity contribution in [1.82, 2.24) is 0 Å². The molecule has 0 saturated heterocycles. The third kappa shape index (κ3) is 9.67. The average molecular weight is 354 g/mol. The van der Waals surface area contributed by atoms with Crippen molar-refractivity contribution in [2.24, 2.45) is 0 Å². The number of rotatable bonds is 11. The van der Waals surface area contributed by atoms with Crippen LogP contribution in [0.25, 0.3) is 0 Å². The minimum absolute atomic E-state index is 0.121. The molecule has 0 aromatic heterocycles. The second kappa shape index (κ2) is 11.8. The lowest BCUT2D eigenvalue weighted by molar-refractivity contribution is -0.116. The minimum atomic E-state index is 0.121. The Morgan fingerprint density at radius 1 is 1.00 bits per heavy atom. The number of anilines is 1. The fourth-order valence-corrected chi connectivity index (χ4v) is 2.79. The zero-order valence-electron chi connectivity index (χ0n) is 13.2. The van der Waals surface area contributed by atoms with Gasteiger partial charge in [0.15, 0.2) is 0 Å². The highest BCUT2D eigenvalue weighted by Crippen LogP contribution is 2.16. The SMILES string of the molecule is CCCCCCCCCCCC(=O)Nc1cccc(Br)c1. The van der Waals surface area contributed by atoms with Gasteiger partial charge in [-0.1, -0.05) is 80.3 Å². The van der Waals surface area contributed by atoms with E-state index in [1.807, 2.05) is 24.3 Å². The van der Waals surface area contributed by atoms with Crippen molar-refractivity contribution in [2.75, 3.05) is 5.32 Å². The first-order valence-corrected chi connectivity index (χ1v) is 9.07. The maximum atomic E-state index is 11.8. The van der Waals surface area contributed by atoms with E-state index in [0.29, 0.717) is 6.42 Å². The molecule has 0 heterocycles. The van der Waals surface area contributed by atoms with Crippen LogP contribution in [-0.2, 0) is 4.79 Å². The first-order chi connectivity index (χ1) is 10.2. The predicted octanol–water partition coefficient (Wildman–Crippen LogP) is 6.31. The van der Waals surface area contributed by atoms with Gasteiger partial charge in [0.05, 0.1) is 0 Å². The molecule has 21 heavy (non-hydrogen) atoms. The van der Waals surface area contributed by atoms with Gasteiger partial charge in [-0.15, -0.1) is 0 Å². The summed E-state index contributed by atoms with van der Waals surface area (Å²) >= 11 is 3.40. The Bertz CT molecular complexity index is 406. The van der Waals surface area contributed by atoms with Gasteiger partial charge in [0, 0.05) is 16.6 Å². The zero-order valence-corrected chi connectivity index (χ0v) is 14.8. The molecule has 0 aliphatic heterocycles. The summed E-state index contributed by atoms with van der Waals surface area (Å²) in [5.41, 5.74) is 0.866. The molecule has 0 atom stereocenters. The van der Waals surface area contributed by atoms with Crippen LogP contribution in [0.3, 0.4) is 0 Å². The number of unbranched alkanes of at least 4 members (excludes halogenated alkanes) is 8. The van der Waals surface area contributed by atoms with Crippen molar-refractivity contribution in [3.63, 3.8) is 0 Å². The normalized spacial score (nSPS) is 10.6. The number of nitrogens with one attached hydrogen (secondary N) is 1. The molecule has 1 aromatic rings. The van der Waals surface area contributed by atoms with E-state index in [1.54, 1.807) is 0 Å². The van der Waals surface area contributed by atoms with E-state index in [9.17, 15) is 4.79 Å². The molecule has 0 radical (unpaired) electrons. The van der Waals surface area contributed by atoms with Crippen molar-refractivity contribution in [3.8, 4) is 0 Å². The maximum Gasteiger partial charge on any atom is 0.224 e. The number of amides is 1. The lowest BCUT2D eigenvalue weighted by atomic mass is 10.1. The van der Waals surface area contributed by atoms with Gasteiger partial charge in [-0.3, -0.25) is 4.79 Å². The second-order valence-electron chi connectivity index (χ2n) is 5.64. The minimum Gasteiger partial charge on any atom is -0.326 e. The van der Waals surface area contributed by atoms with Gasteiger partial charge in [0.25, 0.3) is 0 Å². The van der Waals surface area contributed by atoms with Gasteiger partial charge in [0.2, 0.25) is 5.91 Å². The molecule has 0 spiro atoms. The maximum absolute atomic E-state index is 11.8. The van der Waals surface area contributed by atoms with Gasteiger partial charge < -0.3 is 5.32 Å². The summed E-state index contributed by atoms with van der Waals surface area (Å²) in [7, 11) is 0. The largest absolute Gasteiger partial charge is 0.326 e.